The normalized spacial score (nSPS) is 14.5. The first-order chi connectivity index (χ1) is 14.7. The highest BCUT2D eigenvalue weighted by atomic mass is 35.5. The lowest BCUT2D eigenvalue weighted by Crippen LogP contribution is -2.46. The SMILES string of the molecule is CC(C)(CC1Cc2ccccc2C1)NC[C@H](O)COc1cc(CCC(=O)O)ccc1F.Cl. The van der Waals surface area contributed by atoms with Crippen LogP contribution in [0.15, 0.2) is 42.5 Å². The highest BCUT2D eigenvalue weighted by molar-refractivity contribution is 5.85. The summed E-state index contributed by atoms with van der Waals surface area (Å²) in [5, 5.41) is 22.5. The van der Waals surface area contributed by atoms with Gasteiger partial charge in [-0.1, -0.05) is 30.3 Å². The zero-order chi connectivity index (χ0) is 22.4. The van der Waals surface area contributed by atoms with Gasteiger partial charge in [-0.25, -0.2) is 4.39 Å². The van der Waals surface area contributed by atoms with Gasteiger partial charge in [-0.15, -0.1) is 12.4 Å². The van der Waals surface area contributed by atoms with E-state index in [-0.39, 0.29) is 36.7 Å². The molecule has 0 unspecified atom stereocenters. The number of aliphatic hydroxyl groups excluding tert-OH is 1. The predicted octanol–water partition coefficient (Wildman–Crippen LogP) is 4.18. The van der Waals surface area contributed by atoms with E-state index in [1.54, 1.807) is 6.07 Å². The maximum Gasteiger partial charge on any atom is 0.303 e. The molecule has 32 heavy (non-hydrogen) atoms. The molecule has 0 fully saturated rings. The maximum atomic E-state index is 14.0. The molecule has 3 rings (SSSR count). The van der Waals surface area contributed by atoms with Crippen LogP contribution >= 0.6 is 12.4 Å². The van der Waals surface area contributed by atoms with E-state index >= 15 is 0 Å². The van der Waals surface area contributed by atoms with Gasteiger partial charge in [0.05, 0.1) is 0 Å². The minimum absolute atomic E-state index is 0. The van der Waals surface area contributed by atoms with Crippen molar-refractivity contribution in [3.63, 3.8) is 0 Å². The molecule has 0 spiro atoms. The molecule has 0 heterocycles. The number of benzene rings is 2. The fourth-order valence-electron chi connectivity index (χ4n) is 4.29. The third-order valence-electron chi connectivity index (χ3n) is 5.81. The van der Waals surface area contributed by atoms with Crippen LogP contribution in [0.2, 0.25) is 0 Å². The van der Waals surface area contributed by atoms with Crippen LogP contribution < -0.4 is 10.1 Å². The number of aryl methyl sites for hydroxylation is 1. The molecule has 0 saturated carbocycles. The van der Waals surface area contributed by atoms with Gasteiger partial charge in [-0.3, -0.25) is 4.79 Å². The summed E-state index contributed by atoms with van der Waals surface area (Å²) in [6, 6.07) is 12.9. The molecule has 3 N–H and O–H groups in total. The van der Waals surface area contributed by atoms with Gasteiger partial charge in [0.25, 0.3) is 0 Å². The van der Waals surface area contributed by atoms with Crippen molar-refractivity contribution in [3.05, 3.63) is 65.0 Å². The molecule has 0 saturated heterocycles. The van der Waals surface area contributed by atoms with Crippen LogP contribution in [-0.4, -0.2) is 41.0 Å². The fraction of sp³-hybridized carbons (Fsp3) is 0.480. The molecule has 0 amide bonds. The molecular weight excluding hydrogens is 433 g/mol. The molecule has 7 heteroatoms. The van der Waals surface area contributed by atoms with E-state index in [0.29, 0.717) is 24.4 Å². The van der Waals surface area contributed by atoms with Gasteiger partial charge in [0, 0.05) is 18.5 Å². The van der Waals surface area contributed by atoms with Gasteiger partial charge in [0.15, 0.2) is 11.6 Å². The van der Waals surface area contributed by atoms with Crippen LogP contribution in [0.4, 0.5) is 4.39 Å². The maximum absolute atomic E-state index is 14.0. The van der Waals surface area contributed by atoms with Gasteiger partial charge in [-0.2, -0.15) is 0 Å². The zero-order valence-electron chi connectivity index (χ0n) is 18.6. The minimum atomic E-state index is -0.905. The van der Waals surface area contributed by atoms with Crippen LogP contribution in [0.1, 0.15) is 43.4 Å². The molecule has 1 aliphatic carbocycles. The number of aliphatic hydroxyl groups is 1. The Kier molecular flexibility index (Phi) is 9.49. The van der Waals surface area contributed by atoms with Crippen molar-refractivity contribution < 1.29 is 24.1 Å². The highest BCUT2D eigenvalue weighted by Gasteiger charge is 2.28. The molecule has 1 aliphatic rings. The topological polar surface area (TPSA) is 78.8 Å². The average molecular weight is 466 g/mol. The first-order valence-electron chi connectivity index (χ1n) is 10.8. The summed E-state index contributed by atoms with van der Waals surface area (Å²) in [6.45, 7) is 4.56. The first kappa shape index (κ1) is 26.1. The minimum Gasteiger partial charge on any atom is -0.488 e. The number of carboxylic acid groups (broad SMARTS) is 1. The number of carboxylic acids is 1. The van der Waals surface area contributed by atoms with Crippen molar-refractivity contribution >= 4 is 18.4 Å². The van der Waals surface area contributed by atoms with E-state index in [2.05, 4.69) is 43.4 Å². The van der Waals surface area contributed by atoms with E-state index in [1.807, 2.05) is 0 Å². The Morgan fingerprint density at radius 3 is 2.50 bits per heavy atom. The van der Waals surface area contributed by atoms with Crippen molar-refractivity contribution in [2.75, 3.05) is 13.2 Å². The molecule has 176 valence electrons. The lowest BCUT2D eigenvalue weighted by Gasteiger charge is -2.30. The number of hydrogen-bond donors (Lipinski definition) is 3. The lowest BCUT2D eigenvalue weighted by molar-refractivity contribution is -0.136. The smallest absolute Gasteiger partial charge is 0.303 e. The zero-order valence-corrected chi connectivity index (χ0v) is 19.5. The number of ether oxygens (including phenoxy) is 1. The first-order valence-corrected chi connectivity index (χ1v) is 10.8. The number of nitrogens with one attached hydrogen (secondary N) is 1. The van der Waals surface area contributed by atoms with Crippen molar-refractivity contribution in [2.45, 2.75) is 57.6 Å². The summed E-state index contributed by atoms with van der Waals surface area (Å²) in [5.41, 5.74) is 3.41. The summed E-state index contributed by atoms with van der Waals surface area (Å²) in [6.07, 6.45) is 2.65. The van der Waals surface area contributed by atoms with Crippen molar-refractivity contribution in [1.82, 2.24) is 5.32 Å². The second-order valence-corrected chi connectivity index (χ2v) is 9.14. The summed E-state index contributed by atoms with van der Waals surface area (Å²) < 4.78 is 19.5. The van der Waals surface area contributed by atoms with Crippen LogP contribution in [-0.2, 0) is 24.1 Å². The van der Waals surface area contributed by atoms with Gasteiger partial charge in [0.2, 0.25) is 0 Å². The molecule has 1 atom stereocenters. The van der Waals surface area contributed by atoms with E-state index in [0.717, 1.165) is 19.3 Å². The summed E-state index contributed by atoms with van der Waals surface area (Å²) in [4.78, 5) is 10.7. The largest absolute Gasteiger partial charge is 0.488 e. The number of carbonyl (C=O) groups is 1. The third-order valence-corrected chi connectivity index (χ3v) is 5.81. The number of β-amino-alcohol motifs (C(OH)–C–C–N with tert-alkyl or cyclic N) is 1. The molecule has 0 radical (unpaired) electrons. The second-order valence-electron chi connectivity index (χ2n) is 9.14. The highest BCUT2D eigenvalue weighted by Crippen LogP contribution is 2.31. The quantitative estimate of drug-likeness (QED) is 0.464. The van der Waals surface area contributed by atoms with Crippen molar-refractivity contribution in [1.29, 1.82) is 0 Å². The lowest BCUT2D eigenvalue weighted by atomic mass is 9.88. The molecule has 2 aromatic carbocycles. The Bertz CT molecular complexity index is 880. The van der Waals surface area contributed by atoms with Gasteiger partial charge >= 0.3 is 5.97 Å². The Morgan fingerprint density at radius 2 is 1.88 bits per heavy atom. The van der Waals surface area contributed by atoms with Crippen molar-refractivity contribution in [2.24, 2.45) is 5.92 Å². The van der Waals surface area contributed by atoms with Gasteiger partial charge in [0.1, 0.15) is 12.7 Å². The third kappa shape index (κ3) is 7.76. The van der Waals surface area contributed by atoms with Crippen LogP contribution in [0.5, 0.6) is 5.75 Å². The van der Waals surface area contributed by atoms with E-state index < -0.39 is 17.9 Å². The molecule has 5 nitrogen and oxygen atoms in total. The van der Waals surface area contributed by atoms with Crippen LogP contribution in [0.25, 0.3) is 0 Å². The molecule has 0 aromatic heterocycles. The fourth-order valence-corrected chi connectivity index (χ4v) is 4.29. The Balaban J connectivity index is 0.00000363. The van der Waals surface area contributed by atoms with Crippen molar-refractivity contribution in [3.8, 4) is 5.75 Å². The van der Waals surface area contributed by atoms with E-state index in [4.69, 9.17) is 9.84 Å². The second kappa shape index (κ2) is 11.6. The number of aliphatic carboxylic acids is 1. The summed E-state index contributed by atoms with van der Waals surface area (Å²) >= 11 is 0. The Morgan fingerprint density at radius 1 is 1.22 bits per heavy atom. The Labute approximate surface area is 195 Å². The summed E-state index contributed by atoms with van der Waals surface area (Å²) in [7, 11) is 0. The van der Waals surface area contributed by atoms with Gasteiger partial charge < -0.3 is 20.3 Å². The van der Waals surface area contributed by atoms with Crippen LogP contribution in [0, 0.1) is 11.7 Å². The van der Waals surface area contributed by atoms with E-state index in [1.165, 1.54) is 23.3 Å². The Hall–Kier alpha value is -2.15. The van der Waals surface area contributed by atoms with Crippen LogP contribution in [0.3, 0.4) is 0 Å². The van der Waals surface area contributed by atoms with E-state index in [9.17, 15) is 14.3 Å². The summed E-state index contributed by atoms with van der Waals surface area (Å²) in [5.74, 6) is -0.821. The molecular formula is C25H33ClFNO4. The number of hydrogen-bond acceptors (Lipinski definition) is 4. The van der Waals surface area contributed by atoms with Gasteiger partial charge in [-0.05, 0) is 74.3 Å². The number of halogens is 2. The molecule has 0 bridgehead atoms. The predicted molar refractivity (Wildman–Crippen MR) is 125 cm³/mol. The average Bonchev–Trinajstić information content (AvgIpc) is 3.12. The number of rotatable bonds is 11. The monoisotopic (exact) mass is 465 g/mol. The number of fused-ring (bicyclic) bond motifs is 1. The molecule has 2 aromatic rings. The molecule has 0 aliphatic heterocycles. The standard InChI is InChI=1S/C25H32FNO4.ClH/c1-25(2,14-18-11-19-5-3-4-6-20(19)12-18)27-15-21(28)16-31-23-13-17(7-9-22(23)26)8-10-24(29)30;/h3-7,9,13,18,21,27-28H,8,10-12,14-16H2,1-2H3,(H,29,30);1H/t21-;/m0./s1.